The lowest BCUT2D eigenvalue weighted by Gasteiger charge is -2.37. The van der Waals surface area contributed by atoms with E-state index < -0.39 is 0 Å². The van der Waals surface area contributed by atoms with Crippen LogP contribution in [-0.4, -0.2) is 19.8 Å². The molecule has 0 aliphatic carbocycles. The summed E-state index contributed by atoms with van der Waals surface area (Å²) in [6, 6.07) is 7.95. The van der Waals surface area contributed by atoms with Crippen LogP contribution >= 0.6 is 0 Å². The first-order valence-corrected chi connectivity index (χ1v) is 5.71. The predicted molar refractivity (Wildman–Crippen MR) is 63.4 cm³/mol. The minimum atomic E-state index is 0.331. The van der Waals surface area contributed by atoms with Gasteiger partial charge in [-0.05, 0) is 24.1 Å². The van der Waals surface area contributed by atoms with Gasteiger partial charge in [0, 0.05) is 12.0 Å². The minimum absolute atomic E-state index is 0.331. The lowest BCUT2D eigenvalue weighted by Crippen LogP contribution is -2.40. The Morgan fingerprint density at radius 1 is 1.31 bits per heavy atom. The molecule has 3 heteroatoms. The summed E-state index contributed by atoms with van der Waals surface area (Å²) in [5.41, 5.74) is 6.99. The van der Waals surface area contributed by atoms with Crippen molar-refractivity contribution in [2.75, 3.05) is 19.8 Å². The van der Waals surface area contributed by atoms with E-state index in [0.29, 0.717) is 12.0 Å². The first-order chi connectivity index (χ1) is 7.72. The largest absolute Gasteiger partial charge is 0.494 e. The molecule has 2 rings (SSSR count). The van der Waals surface area contributed by atoms with E-state index in [4.69, 9.17) is 15.2 Å². The van der Waals surface area contributed by atoms with E-state index in [2.05, 4.69) is 6.92 Å². The van der Waals surface area contributed by atoms with Crippen LogP contribution in [0.1, 0.15) is 18.9 Å². The molecule has 1 saturated heterocycles. The molecule has 1 heterocycles. The van der Waals surface area contributed by atoms with Crippen LogP contribution in [0.4, 0.5) is 0 Å². The van der Waals surface area contributed by atoms with Crippen molar-refractivity contribution in [3.63, 3.8) is 0 Å². The van der Waals surface area contributed by atoms with Crippen LogP contribution in [0, 0.1) is 5.41 Å². The summed E-state index contributed by atoms with van der Waals surface area (Å²) in [6.07, 6.45) is 1.05. The van der Waals surface area contributed by atoms with Gasteiger partial charge in [-0.3, -0.25) is 0 Å². The molecule has 1 fully saturated rings. The number of ether oxygens (including phenoxy) is 2. The van der Waals surface area contributed by atoms with Gasteiger partial charge in [0.05, 0.1) is 19.8 Å². The molecule has 0 spiro atoms. The summed E-state index contributed by atoms with van der Waals surface area (Å²) in [5, 5.41) is 0. The van der Waals surface area contributed by atoms with Crippen LogP contribution < -0.4 is 10.5 Å². The van der Waals surface area contributed by atoms with Gasteiger partial charge in [0.2, 0.25) is 0 Å². The molecule has 1 aromatic carbocycles. The number of benzene rings is 1. The molecule has 2 N–H and O–H groups in total. The number of hydrogen-bond acceptors (Lipinski definition) is 3. The average molecular weight is 221 g/mol. The highest BCUT2D eigenvalue weighted by Gasteiger charge is 2.32. The van der Waals surface area contributed by atoms with Crippen molar-refractivity contribution in [2.24, 2.45) is 11.1 Å². The first kappa shape index (κ1) is 11.4. The molecule has 0 atom stereocenters. The second-order valence-electron chi connectivity index (χ2n) is 4.75. The Hall–Kier alpha value is -1.06. The first-order valence-electron chi connectivity index (χ1n) is 5.71. The van der Waals surface area contributed by atoms with Crippen molar-refractivity contribution < 1.29 is 9.47 Å². The van der Waals surface area contributed by atoms with Crippen LogP contribution in [0.5, 0.6) is 5.75 Å². The normalized spacial score (nSPS) is 17.9. The van der Waals surface area contributed by atoms with Crippen molar-refractivity contribution in [1.29, 1.82) is 0 Å². The highest BCUT2D eigenvalue weighted by atomic mass is 16.5. The number of hydrogen-bond donors (Lipinski definition) is 1. The molecule has 1 aliphatic heterocycles. The molecule has 1 aromatic rings. The second-order valence-corrected chi connectivity index (χ2v) is 4.75. The van der Waals surface area contributed by atoms with E-state index >= 15 is 0 Å². The molecule has 16 heavy (non-hydrogen) atoms. The summed E-state index contributed by atoms with van der Waals surface area (Å²) in [5.74, 6) is 0.918. The van der Waals surface area contributed by atoms with Gasteiger partial charge in [-0.1, -0.05) is 19.1 Å². The number of rotatable bonds is 5. The zero-order chi connectivity index (χ0) is 11.4. The molecule has 88 valence electrons. The monoisotopic (exact) mass is 221 g/mol. The zero-order valence-corrected chi connectivity index (χ0v) is 9.74. The van der Waals surface area contributed by atoms with Crippen LogP contribution in [0.2, 0.25) is 0 Å². The Morgan fingerprint density at radius 3 is 2.50 bits per heavy atom. The fourth-order valence-electron chi connectivity index (χ4n) is 1.73. The standard InChI is InChI=1S/C13H19NO2/c1-13(9-15-10-13)6-7-16-12-4-2-11(8-14)3-5-12/h2-5H,6-10,14H2,1H3. The maximum Gasteiger partial charge on any atom is 0.119 e. The lowest BCUT2D eigenvalue weighted by atomic mass is 9.85. The molecule has 0 aromatic heterocycles. The second kappa shape index (κ2) is 4.85. The third-order valence-electron chi connectivity index (χ3n) is 3.03. The zero-order valence-electron chi connectivity index (χ0n) is 9.74. The van der Waals surface area contributed by atoms with E-state index in [0.717, 1.165) is 37.6 Å². The minimum Gasteiger partial charge on any atom is -0.494 e. The topological polar surface area (TPSA) is 44.5 Å². The van der Waals surface area contributed by atoms with Crippen molar-refractivity contribution in [3.05, 3.63) is 29.8 Å². The van der Waals surface area contributed by atoms with E-state index in [1.807, 2.05) is 24.3 Å². The van der Waals surface area contributed by atoms with Gasteiger partial charge in [0.15, 0.2) is 0 Å². The van der Waals surface area contributed by atoms with Gasteiger partial charge < -0.3 is 15.2 Å². The Balaban J connectivity index is 1.76. The summed E-state index contributed by atoms with van der Waals surface area (Å²) in [7, 11) is 0. The smallest absolute Gasteiger partial charge is 0.119 e. The molecular formula is C13H19NO2. The Labute approximate surface area is 96.5 Å². The summed E-state index contributed by atoms with van der Waals surface area (Å²) in [4.78, 5) is 0. The predicted octanol–water partition coefficient (Wildman–Crippen LogP) is 1.95. The maximum absolute atomic E-state index is 5.68. The lowest BCUT2D eigenvalue weighted by molar-refractivity contribution is -0.109. The van der Waals surface area contributed by atoms with Crippen molar-refractivity contribution in [2.45, 2.75) is 19.9 Å². The summed E-state index contributed by atoms with van der Waals surface area (Å²) >= 11 is 0. The summed E-state index contributed by atoms with van der Waals surface area (Å²) < 4.78 is 10.9. The Bertz CT molecular complexity index is 330. The third-order valence-corrected chi connectivity index (χ3v) is 3.03. The number of nitrogens with two attached hydrogens (primary N) is 1. The van der Waals surface area contributed by atoms with Crippen LogP contribution in [-0.2, 0) is 11.3 Å². The highest BCUT2D eigenvalue weighted by molar-refractivity contribution is 5.27. The quantitative estimate of drug-likeness (QED) is 0.826. The van der Waals surface area contributed by atoms with E-state index in [9.17, 15) is 0 Å². The molecule has 1 aliphatic rings. The third kappa shape index (κ3) is 2.74. The molecule has 0 unspecified atom stereocenters. The van der Waals surface area contributed by atoms with Gasteiger partial charge in [0.25, 0.3) is 0 Å². The van der Waals surface area contributed by atoms with Gasteiger partial charge in [-0.2, -0.15) is 0 Å². The highest BCUT2D eigenvalue weighted by Crippen LogP contribution is 2.30. The maximum atomic E-state index is 5.68. The molecule has 0 saturated carbocycles. The van der Waals surface area contributed by atoms with E-state index in [-0.39, 0.29) is 0 Å². The van der Waals surface area contributed by atoms with Crippen LogP contribution in [0.15, 0.2) is 24.3 Å². The molecule has 0 bridgehead atoms. The Kier molecular flexibility index (Phi) is 3.46. The average Bonchev–Trinajstić information content (AvgIpc) is 2.28. The van der Waals surface area contributed by atoms with Crippen molar-refractivity contribution in [3.8, 4) is 5.75 Å². The van der Waals surface area contributed by atoms with Gasteiger partial charge in [0.1, 0.15) is 5.75 Å². The van der Waals surface area contributed by atoms with E-state index in [1.54, 1.807) is 0 Å². The Morgan fingerprint density at radius 2 is 2.00 bits per heavy atom. The fraction of sp³-hybridized carbons (Fsp3) is 0.538. The van der Waals surface area contributed by atoms with E-state index in [1.165, 1.54) is 0 Å². The van der Waals surface area contributed by atoms with Gasteiger partial charge >= 0.3 is 0 Å². The van der Waals surface area contributed by atoms with Crippen molar-refractivity contribution in [1.82, 2.24) is 0 Å². The van der Waals surface area contributed by atoms with Gasteiger partial charge in [-0.25, -0.2) is 0 Å². The molecular weight excluding hydrogens is 202 g/mol. The SMILES string of the molecule is CC1(CCOc2ccc(CN)cc2)COC1. The molecule has 0 amide bonds. The summed E-state index contributed by atoms with van der Waals surface area (Å²) in [6.45, 7) is 5.29. The van der Waals surface area contributed by atoms with Crippen molar-refractivity contribution >= 4 is 0 Å². The van der Waals surface area contributed by atoms with Gasteiger partial charge in [-0.15, -0.1) is 0 Å². The molecule has 3 nitrogen and oxygen atoms in total. The fourth-order valence-corrected chi connectivity index (χ4v) is 1.73. The van der Waals surface area contributed by atoms with Crippen LogP contribution in [0.25, 0.3) is 0 Å². The molecule has 0 radical (unpaired) electrons. The van der Waals surface area contributed by atoms with Crippen LogP contribution in [0.3, 0.4) is 0 Å².